The average molecular weight is 259 g/mol. The summed E-state index contributed by atoms with van der Waals surface area (Å²) in [6.45, 7) is 2.10. The molecule has 18 heavy (non-hydrogen) atoms. The predicted molar refractivity (Wildman–Crippen MR) is 79.1 cm³/mol. The van der Waals surface area contributed by atoms with Gasteiger partial charge in [0.25, 0.3) is 0 Å². The highest BCUT2D eigenvalue weighted by atomic mass is 35.5. The fraction of sp³-hybridized carbons (Fsp3) is 0.294. The first kappa shape index (κ1) is 13.2. The van der Waals surface area contributed by atoms with E-state index >= 15 is 0 Å². The second-order valence-corrected chi connectivity index (χ2v) is 5.51. The van der Waals surface area contributed by atoms with Crippen molar-refractivity contribution in [1.29, 1.82) is 0 Å². The summed E-state index contributed by atoms with van der Waals surface area (Å²) < 4.78 is 0. The van der Waals surface area contributed by atoms with Gasteiger partial charge in [0.15, 0.2) is 0 Å². The number of halogens is 1. The average Bonchev–Trinajstić information content (AvgIpc) is 2.40. The molecule has 2 aromatic carbocycles. The van der Waals surface area contributed by atoms with E-state index in [0.717, 1.165) is 12.8 Å². The Labute approximate surface area is 115 Å². The number of rotatable bonds is 5. The van der Waals surface area contributed by atoms with Crippen LogP contribution in [0, 0.1) is 5.92 Å². The van der Waals surface area contributed by atoms with E-state index in [4.69, 9.17) is 11.6 Å². The minimum absolute atomic E-state index is 0.186. The summed E-state index contributed by atoms with van der Waals surface area (Å²) in [5, 5.41) is 0.186. The molecule has 0 aliphatic rings. The van der Waals surface area contributed by atoms with E-state index in [1.54, 1.807) is 0 Å². The van der Waals surface area contributed by atoms with Crippen molar-refractivity contribution in [2.24, 2.45) is 5.92 Å². The highest BCUT2D eigenvalue weighted by Crippen LogP contribution is 2.21. The zero-order chi connectivity index (χ0) is 12.8. The number of benzene rings is 2. The maximum atomic E-state index is 6.34. The topological polar surface area (TPSA) is 0 Å². The SMILES string of the molecule is CC(Cl)C(Cc1ccccc1)Cc1ccccc1. The van der Waals surface area contributed by atoms with Crippen LogP contribution in [0.1, 0.15) is 18.1 Å². The molecule has 0 aliphatic carbocycles. The second kappa shape index (κ2) is 6.61. The van der Waals surface area contributed by atoms with Gasteiger partial charge >= 0.3 is 0 Å². The standard InChI is InChI=1S/C17H19Cl/c1-14(18)17(12-15-8-4-2-5-9-15)13-16-10-6-3-7-11-16/h2-11,14,17H,12-13H2,1H3. The summed E-state index contributed by atoms with van der Waals surface area (Å²) in [5.74, 6) is 0.483. The van der Waals surface area contributed by atoms with Crippen LogP contribution < -0.4 is 0 Å². The minimum atomic E-state index is 0.186. The Morgan fingerprint density at radius 3 is 1.50 bits per heavy atom. The van der Waals surface area contributed by atoms with Crippen molar-refractivity contribution < 1.29 is 0 Å². The molecule has 0 heterocycles. The first-order valence-corrected chi connectivity index (χ1v) is 6.91. The molecule has 0 N–H and O–H groups in total. The summed E-state index contributed by atoms with van der Waals surface area (Å²) in [6, 6.07) is 21.2. The van der Waals surface area contributed by atoms with Gasteiger partial charge in [-0.15, -0.1) is 11.6 Å². The molecule has 94 valence electrons. The van der Waals surface area contributed by atoms with E-state index in [-0.39, 0.29) is 5.38 Å². The molecule has 1 heteroatoms. The molecule has 0 saturated carbocycles. The summed E-state index contributed by atoms with van der Waals surface area (Å²) in [4.78, 5) is 0. The Morgan fingerprint density at radius 2 is 1.17 bits per heavy atom. The molecule has 2 aromatic rings. The third-order valence-electron chi connectivity index (χ3n) is 3.33. The van der Waals surface area contributed by atoms with Crippen LogP contribution in [0.15, 0.2) is 60.7 Å². The van der Waals surface area contributed by atoms with Crippen LogP contribution in [-0.2, 0) is 12.8 Å². The first-order valence-electron chi connectivity index (χ1n) is 6.47. The molecule has 1 atom stereocenters. The van der Waals surface area contributed by atoms with Gasteiger partial charge in [0, 0.05) is 5.38 Å². The largest absolute Gasteiger partial charge is 0.123 e. The zero-order valence-corrected chi connectivity index (χ0v) is 11.5. The quantitative estimate of drug-likeness (QED) is 0.681. The molecule has 0 saturated heterocycles. The normalized spacial score (nSPS) is 12.6. The smallest absolute Gasteiger partial charge is 0.0342 e. The van der Waals surface area contributed by atoms with Crippen molar-refractivity contribution in [2.75, 3.05) is 0 Å². The number of hydrogen-bond donors (Lipinski definition) is 0. The lowest BCUT2D eigenvalue weighted by atomic mass is 9.90. The van der Waals surface area contributed by atoms with Crippen LogP contribution in [0.5, 0.6) is 0 Å². The van der Waals surface area contributed by atoms with E-state index in [0.29, 0.717) is 5.92 Å². The molecule has 0 radical (unpaired) electrons. The van der Waals surface area contributed by atoms with E-state index < -0.39 is 0 Å². The Balaban J connectivity index is 2.05. The van der Waals surface area contributed by atoms with Crippen molar-refractivity contribution in [3.8, 4) is 0 Å². The predicted octanol–water partition coefficient (Wildman–Crippen LogP) is 4.72. The maximum Gasteiger partial charge on any atom is 0.0342 e. The van der Waals surface area contributed by atoms with Gasteiger partial charge in [-0.3, -0.25) is 0 Å². The highest BCUT2D eigenvalue weighted by molar-refractivity contribution is 6.20. The Bertz CT molecular complexity index is 406. The van der Waals surface area contributed by atoms with Crippen molar-refractivity contribution in [3.63, 3.8) is 0 Å². The second-order valence-electron chi connectivity index (χ2n) is 4.82. The molecule has 0 amide bonds. The molecule has 0 bridgehead atoms. The monoisotopic (exact) mass is 258 g/mol. The van der Waals surface area contributed by atoms with Gasteiger partial charge in [-0.25, -0.2) is 0 Å². The van der Waals surface area contributed by atoms with Gasteiger partial charge in [0.05, 0.1) is 0 Å². The molecule has 0 spiro atoms. The lowest BCUT2D eigenvalue weighted by Gasteiger charge is -2.19. The van der Waals surface area contributed by atoms with Crippen LogP contribution in [-0.4, -0.2) is 5.38 Å². The Morgan fingerprint density at radius 1 is 0.778 bits per heavy atom. The Kier molecular flexibility index (Phi) is 4.83. The fourth-order valence-corrected chi connectivity index (χ4v) is 2.41. The molecular weight excluding hydrogens is 240 g/mol. The third-order valence-corrected chi connectivity index (χ3v) is 3.69. The van der Waals surface area contributed by atoms with E-state index in [1.165, 1.54) is 11.1 Å². The summed E-state index contributed by atoms with van der Waals surface area (Å²) in [7, 11) is 0. The van der Waals surface area contributed by atoms with Crippen LogP contribution in [0.3, 0.4) is 0 Å². The van der Waals surface area contributed by atoms with Crippen molar-refractivity contribution in [1.82, 2.24) is 0 Å². The maximum absolute atomic E-state index is 6.34. The minimum Gasteiger partial charge on any atom is -0.123 e. The molecule has 0 aliphatic heterocycles. The molecular formula is C17H19Cl. The number of alkyl halides is 1. The molecule has 0 nitrogen and oxygen atoms in total. The molecule has 0 fully saturated rings. The van der Waals surface area contributed by atoms with Crippen LogP contribution in [0.25, 0.3) is 0 Å². The lowest BCUT2D eigenvalue weighted by Crippen LogP contribution is -2.17. The third kappa shape index (κ3) is 3.89. The summed E-state index contributed by atoms with van der Waals surface area (Å²) in [5.41, 5.74) is 2.73. The van der Waals surface area contributed by atoms with Gasteiger partial charge in [0.1, 0.15) is 0 Å². The van der Waals surface area contributed by atoms with Crippen LogP contribution >= 0.6 is 11.6 Å². The van der Waals surface area contributed by atoms with E-state index in [9.17, 15) is 0 Å². The van der Waals surface area contributed by atoms with Gasteiger partial charge < -0.3 is 0 Å². The van der Waals surface area contributed by atoms with E-state index in [1.807, 2.05) is 0 Å². The number of hydrogen-bond acceptors (Lipinski definition) is 0. The van der Waals surface area contributed by atoms with Crippen LogP contribution in [0.4, 0.5) is 0 Å². The van der Waals surface area contributed by atoms with Gasteiger partial charge in [-0.05, 0) is 36.8 Å². The van der Waals surface area contributed by atoms with E-state index in [2.05, 4.69) is 67.6 Å². The zero-order valence-electron chi connectivity index (χ0n) is 10.7. The fourth-order valence-electron chi connectivity index (χ4n) is 2.23. The first-order chi connectivity index (χ1) is 8.75. The Hall–Kier alpha value is -1.27. The molecule has 0 aromatic heterocycles. The van der Waals surface area contributed by atoms with Gasteiger partial charge in [-0.1, -0.05) is 60.7 Å². The molecule has 2 rings (SSSR count). The summed E-state index contributed by atoms with van der Waals surface area (Å²) in [6.07, 6.45) is 2.08. The van der Waals surface area contributed by atoms with Gasteiger partial charge in [0.2, 0.25) is 0 Å². The summed E-state index contributed by atoms with van der Waals surface area (Å²) >= 11 is 6.34. The van der Waals surface area contributed by atoms with Crippen molar-refractivity contribution in [2.45, 2.75) is 25.1 Å². The van der Waals surface area contributed by atoms with Crippen molar-refractivity contribution >= 4 is 11.6 Å². The van der Waals surface area contributed by atoms with Crippen LogP contribution in [0.2, 0.25) is 0 Å². The van der Waals surface area contributed by atoms with Crippen molar-refractivity contribution in [3.05, 3.63) is 71.8 Å². The molecule has 1 unspecified atom stereocenters. The highest BCUT2D eigenvalue weighted by Gasteiger charge is 2.16. The van der Waals surface area contributed by atoms with Gasteiger partial charge in [-0.2, -0.15) is 0 Å². The lowest BCUT2D eigenvalue weighted by molar-refractivity contribution is 0.511.